The fourth-order valence-electron chi connectivity index (χ4n) is 3.66. The number of furan rings is 1. The van der Waals surface area contributed by atoms with Gasteiger partial charge in [-0.05, 0) is 17.9 Å². The molecule has 2 rings (SSSR count). The third-order valence-corrected chi connectivity index (χ3v) is 5.52. The van der Waals surface area contributed by atoms with Gasteiger partial charge in [0.05, 0.1) is 6.26 Å². The van der Waals surface area contributed by atoms with Crippen LogP contribution in [-0.2, 0) is 22.0 Å². The molecule has 2 heterocycles. The first-order chi connectivity index (χ1) is 11.8. The number of primary amides is 1. The van der Waals surface area contributed by atoms with Crippen molar-refractivity contribution in [3.8, 4) is 0 Å². The largest absolute Gasteiger partial charge is 0.455 e. The summed E-state index contributed by atoms with van der Waals surface area (Å²) in [6.07, 6.45) is 1.19. The minimum absolute atomic E-state index is 0.120. The van der Waals surface area contributed by atoms with E-state index in [4.69, 9.17) is 10.2 Å². The summed E-state index contributed by atoms with van der Waals surface area (Å²) in [4.78, 5) is 13.7. The summed E-state index contributed by atoms with van der Waals surface area (Å²) >= 11 is 0. The van der Waals surface area contributed by atoms with Gasteiger partial charge < -0.3 is 10.2 Å². The number of hydrogen-bond acceptors (Lipinski definition) is 5. The number of rotatable bonds is 6. The van der Waals surface area contributed by atoms with Crippen LogP contribution < -0.4 is 10.5 Å². The smallest absolute Gasteiger partial charge is 0.284 e. The molecule has 1 saturated heterocycles. The molecular weight excluding hydrogens is 354 g/mol. The first-order valence-electron chi connectivity index (χ1n) is 8.90. The summed E-state index contributed by atoms with van der Waals surface area (Å²) in [7, 11) is -3.27. The monoisotopic (exact) mass is 385 g/mol. The van der Waals surface area contributed by atoms with E-state index in [2.05, 4.69) is 23.5 Å². The molecule has 7 nitrogen and oxygen atoms in total. The van der Waals surface area contributed by atoms with Crippen molar-refractivity contribution >= 4 is 15.9 Å². The maximum atomic E-state index is 11.7. The van der Waals surface area contributed by atoms with E-state index < -0.39 is 15.9 Å². The van der Waals surface area contributed by atoms with Crippen LogP contribution in [0.25, 0.3) is 0 Å². The number of hydrogen-bond donors (Lipinski definition) is 2. The van der Waals surface area contributed by atoms with E-state index in [1.165, 1.54) is 6.26 Å². The molecule has 0 spiro atoms. The average Bonchev–Trinajstić information content (AvgIpc) is 3.01. The average molecular weight is 386 g/mol. The number of amides is 1. The van der Waals surface area contributed by atoms with Gasteiger partial charge in [-0.2, -0.15) is 0 Å². The first-order valence-corrected chi connectivity index (χ1v) is 10.8. The van der Waals surface area contributed by atoms with Gasteiger partial charge in [0.1, 0.15) is 5.76 Å². The second kappa shape index (κ2) is 7.32. The van der Waals surface area contributed by atoms with Gasteiger partial charge in [-0.25, -0.2) is 13.1 Å². The maximum Gasteiger partial charge on any atom is 0.284 e. The summed E-state index contributed by atoms with van der Waals surface area (Å²) in [5.41, 5.74) is 6.04. The minimum Gasteiger partial charge on any atom is -0.455 e. The zero-order chi connectivity index (χ0) is 19.9. The van der Waals surface area contributed by atoms with Gasteiger partial charge >= 0.3 is 0 Å². The summed E-state index contributed by atoms with van der Waals surface area (Å²) in [5.74, 6) is 0.902. The van der Waals surface area contributed by atoms with E-state index >= 15 is 0 Å². The van der Waals surface area contributed by atoms with Crippen LogP contribution in [0, 0.1) is 11.8 Å². The molecule has 1 aliphatic heterocycles. The van der Waals surface area contributed by atoms with Gasteiger partial charge in [0.15, 0.2) is 5.76 Å². The summed E-state index contributed by atoms with van der Waals surface area (Å²) in [6, 6.07) is 1.59. The Morgan fingerprint density at radius 1 is 1.38 bits per heavy atom. The van der Waals surface area contributed by atoms with Crippen LogP contribution in [0.2, 0.25) is 0 Å². The lowest BCUT2D eigenvalue weighted by atomic mass is 9.90. The molecule has 0 radical (unpaired) electrons. The Bertz CT molecular complexity index is 762. The number of likely N-dealkylation sites (tertiary alicyclic amines) is 1. The van der Waals surface area contributed by atoms with Crippen molar-refractivity contribution in [2.24, 2.45) is 17.6 Å². The van der Waals surface area contributed by atoms with Crippen LogP contribution in [0.15, 0.2) is 10.5 Å². The molecule has 1 aromatic rings. The summed E-state index contributed by atoms with van der Waals surface area (Å²) in [5, 5.41) is 0. The highest BCUT2D eigenvalue weighted by molar-refractivity contribution is 7.88. The maximum absolute atomic E-state index is 11.7. The highest BCUT2D eigenvalue weighted by Gasteiger charge is 2.37. The molecule has 148 valence electrons. The summed E-state index contributed by atoms with van der Waals surface area (Å²) < 4.78 is 31.9. The summed E-state index contributed by atoms with van der Waals surface area (Å²) in [6.45, 7) is 12.3. The Kier molecular flexibility index (Phi) is 5.90. The van der Waals surface area contributed by atoms with Gasteiger partial charge in [0, 0.05) is 36.7 Å². The van der Waals surface area contributed by atoms with Crippen LogP contribution in [0.1, 0.15) is 56.5 Å². The number of nitrogens with one attached hydrogen (secondary N) is 1. The number of sulfonamides is 1. The van der Waals surface area contributed by atoms with E-state index in [0.29, 0.717) is 19.0 Å². The Labute approximate surface area is 156 Å². The number of nitrogens with zero attached hydrogens (tertiary/aromatic N) is 1. The number of carbonyl (C=O) groups is 1. The highest BCUT2D eigenvalue weighted by atomic mass is 32.2. The standard InChI is InChI=1S/C18H31N3O4S/c1-11(2)13-9-21(10-14(13)20-26(6,23)24)8-12-7-15(17(19)22)25-16(12)18(3,4)5/h7,11,13-14,20H,8-10H2,1-6H3,(H2,19,22)/t13-,14+/m0/s1. The van der Waals surface area contributed by atoms with E-state index in [9.17, 15) is 13.2 Å². The molecule has 26 heavy (non-hydrogen) atoms. The molecule has 0 bridgehead atoms. The van der Waals surface area contributed by atoms with Crippen molar-refractivity contribution in [3.63, 3.8) is 0 Å². The van der Waals surface area contributed by atoms with Crippen LogP contribution >= 0.6 is 0 Å². The zero-order valence-electron chi connectivity index (χ0n) is 16.5. The van der Waals surface area contributed by atoms with Gasteiger partial charge in [-0.15, -0.1) is 0 Å². The molecule has 0 aliphatic carbocycles. The lowest BCUT2D eigenvalue weighted by molar-refractivity contribution is 0.0970. The topological polar surface area (TPSA) is 106 Å². The van der Waals surface area contributed by atoms with Crippen LogP contribution in [0.4, 0.5) is 0 Å². The lowest BCUT2D eigenvalue weighted by Crippen LogP contribution is -2.41. The molecular formula is C18H31N3O4S. The molecule has 3 N–H and O–H groups in total. The Balaban J connectivity index is 2.24. The molecule has 1 aliphatic rings. The second-order valence-electron chi connectivity index (χ2n) is 8.68. The number of carbonyl (C=O) groups excluding carboxylic acids is 1. The Morgan fingerprint density at radius 3 is 2.46 bits per heavy atom. The van der Waals surface area contributed by atoms with Crippen molar-refractivity contribution in [3.05, 3.63) is 23.2 Å². The third-order valence-electron chi connectivity index (χ3n) is 4.79. The van der Waals surface area contributed by atoms with Crippen molar-refractivity contribution in [1.29, 1.82) is 0 Å². The predicted molar refractivity (Wildman–Crippen MR) is 101 cm³/mol. The normalized spacial score (nSPS) is 22.3. The molecule has 2 atom stereocenters. The Morgan fingerprint density at radius 2 is 2.00 bits per heavy atom. The van der Waals surface area contributed by atoms with Gasteiger partial charge in [-0.3, -0.25) is 9.69 Å². The van der Waals surface area contributed by atoms with E-state index in [-0.39, 0.29) is 23.1 Å². The molecule has 0 unspecified atom stereocenters. The highest BCUT2D eigenvalue weighted by Crippen LogP contribution is 2.32. The van der Waals surface area contributed by atoms with Crippen molar-refractivity contribution in [1.82, 2.24) is 9.62 Å². The number of nitrogens with two attached hydrogens (primary N) is 1. The fraction of sp³-hybridized carbons (Fsp3) is 0.722. The SMILES string of the molecule is CC(C)[C@@H]1CN(Cc2cc(C(N)=O)oc2C(C)(C)C)C[C@H]1NS(C)(=O)=O. The Hall–Kier alpha value is -1.38. The van der Waals surface area contributed by atoms with E-state index in [1.807, 2.05) is 20.8 Å². The van der Waals surface area contributed by atoms with E-state index in [0.717, 1.165) is 17.9 Å². The van der Waals surface area contributed by atoms with Crippen molar-refractivity contribution in [2.45, 2.75) is 52.6 Å². The van der Waals surface area contributed by atoms with Gasteiger partial charge in [-0.1, -0.05) is 34.6 Å². The quantitative estimate of drug-likeness (QED) is 0.775. The van der Waals surface area contributed by atoms with Crippen molar-refractivity contribution < 1.29 is 17.6 Å². The van der Waals surface area contributed by atoms with Crippen molar-refractivity contribution in [2.75, 3.05) is 19.3 Å². The van der Waals surface area contributed by atoms with Gasteiger partial charge in [0.2, 0.25) is 10.0 Å². The first kappa shape index (κ1) is 20.9. The molecule has 0 saturated carbocycles. The molecule has 1 amide bonds. The van der Waals surface area contributed by atoms with Crippen LogP contribution in [0.5, 0.6) is 0 Å². The van der Waals surface area contributed by atoms with E-state index in [1.54, 1.807) is 6.07 Å². The molecule has 1 fully saturated rings. The zero-order valence-corrected chi connectivity index (χ0v) is 17.3. The third kappa shape index (κ3) is 5.08. The fourth-order valence-corrected chi connectivity index (χ4v) is 4.46. The minimum atomic E-state index is -3.27. The predicted octanol–water partition coefficient (Wildman–Crippen LogP) is 1.68. The molecule has 1 aromatic heterocycles. The second-order valence-corrected chi connectivity index (χ2v) is 10.5. The van der Waals surface area contributed by atoms with Crippen LogP contribution in [0.3, 0.4) is 0 Å². The lowest BCUT2D eigenvalue weighted by Gasteiger charge is -2.22. The molecule has 8 heteroatoms. The van der Waals surface area contributed by atoms with Crippen LogP contribution in [-0.4, -0.2) is 44.6 Å². The molecule has 0 aromatic carbocycles. The van der Waals surface area contributed by atoms with Gasteiger partial charge in [0.25, 0.3) is 5.91 Å².